The summed E-state index contributed by atoms with van der Waals surface area (Å²) in [5.74, 6) is 0. The Balaban J connectivity index is 0.000000980. The lowest BCUT2D eigenvalue weighted by Crippen LogP contribution is -1.96. The number of aromatic nitrogens is 1. The van der Waals surface area contributed by atoms with E-state index in [4.69, 9.17) is 5.73 Å². The zero-order valence-corrected chi connectivity index (χ0v) is 9.15. The van der Waals surface area contributed by atoms with E-state index in [1.165, 1.54) is 5.56 Å². The summed E-state index contributed by atoms with van der Waals surface area (Å²) >= 11 is 1.69. The molecule has 0 aliphatic carbocycles. The molecule has 4 heteroatoms. The van der Waals surface area contributed by atoms with Crippen molar-refractivity contribution in [3.05, 3.63) is 40.8 Å². The van der Waals surface area contributed by atoms with Gasteiger partial charge in [0.15, 0.2) is 0 Å². The van der Waals surface area contributed by atoms with Gasteiger partial charge in [0.05, 0.1) is 0 Å². The molecule has 2 N–H and O–H groups in total. The Morgan fingerprint density at radius 2 is 2.14 bits per heavy atom. The van der Waals surface area contributed by atoms with Crippen molar-refractivity contribution in [3.63, 3.8) is 0 Å². The molecule has 14 heavy (non-hydrogen) atoms. The van der Waals surface area contributed by atoms with E-state index in [1.807, 2.05) is 6.20 Å². The summed E-state index contributed by atoms with van der Waals surface area (Å²) in [5.41, 5.74) is 8.97. The predicted molar refractivity (Wildman–Crippen MR) is 62.7 cm³/mol. The highest BCUT2D eigenvalue weighted by atomic mass is 35.5. The van der Waals surface area contributed by atoms with Gasteiger partial charge in [-0.05, 0) is 34.0 Å². The van der Waals surface area contributed by atoms with Crippen LogP contribution in [0.5, 0.6) is 0 Å². The van der Waals surface area contributed by atoms with E-state index < -0.39 is 0 Å². The second-order valence-electron chi connectivity index (χ2n) is 2.80. The number of thiophene rings is 1. The number of rotatable bonds is 2. The van der Waals surface area contributed by atoms with Gasteiger partial charge in [-0.25, -0.2) is 0 Å². The van der Waals surface area contributed by atoms with E-state index in [0.29, 0.717) is 6.54 Å². The van der Waals surface area contributed by atoms with E-state index in [0.717, 1.165) is 11.1 Å². The predicted octanol–water partition coefficient (Wildman–Crippen LogP) is 2.69. The van der Waals surface area contributed by atoms with Crippen LogP contribution < -0.4 is 5.73 Å². The van der Waals surface area contributed by atoms with Crippen LogP contribution in [0.4, 0.5) is 0 Å². The van der Waals surface area contributed by atoms with Crippen LogP contribution in [0, 0.1) is 0 Å². The number of pyridine rings is 1. The van der Waals surface area contributed by atoms with Crippen molar-refractivity contribution in [2.24, 2.45) is 5.73 Å². The zero-order chi connectivity index (χ0) is 9.10. The molecule has 0 amide bonds. The fraction of sp³-hybridized carbons (Fsp3) is 0.100. The third kappa shape index (κ3) is 2.32. The van der Waals surface area contributed by atoms with Crippen LogP contribution in [0.2, 0.25) is 0 Å². The SMILES string of the molecule is Cl.NCc1cncc(-c2ccsc2)c1. The lowest BCUT2D eigenvalue weighted by atomic mass is 10.1. The summed E-state index contributed by atoms with van der Waals surface area (Å²) < 4.78 is 0. The fourth-order valence-electron chi connectivity index (χ4n) is 1.19. The van der Waals surface area contributed by atoms with Gasteiger partial charge in [0.2, 0.25) is 0 Å². The van der Waals surface area contributed by atoms with Gasteiger partial charge in [-0.1, -0.05) is 0 Å². The van der Waals surface area contributed by atoms with Gasteiger partial charge in [-0.15, -0.1) is 12.4 Å². The molecule has 2 aromatic rings. The van der Waals surface area contributed by atoms with Crippen molar-refractivity contribution in [2.45, 2.75) is 6.54 Å². The van der Waals surface area contributed by atoms with Crippen LogP contribution in [0.3, 0.4) is 0 Å². The second kappa shape index (κ2) is 5.10. The number of hydrogen-bond donors (Lipinski definition) is 1. The average Bonchev–Trinajstić information content (AvgIpc) is 2.71. The molecule has 2 heterocycles. The van der Waals surface area contributed by atoms with E-state index in [1.54, 1.807) is 17.5 Å². The molecule has 2 rings (SSSR count). The highest BCUT2D eigenvalue weighted by molar-refractivity contribution is 7.08. The maximum Gasteiger partial charge on any atom is 0.0346 e. The zero-order valence-electron chi connectivity index (χ0n) is 7.51. The summed E-state index contributed by atoms with van der Waals surface area (Å²) in [5, 5.41) is 4.17. The standard InChI is InChI=1S/C10H10N2S.ClH/c11-4-8-3-10(6-12-5-8)9-1-2-13-7-9;/h1-3,5-7H,4,11H2;1H. The molecular weight excluding hydrogens is 216 g/mol. The first-order chi connectivity index (χ1) is 6.40. The summed E-state index contributed by atoms with van der Waals surface area (Å²) in [4.78, 5) is 4.14. The smallest absolute Gasteiger partial charge is 0.0346 e. The molecule has 0 atom stereocenters. The van der Waals surface area contributed by atoms with Gasteiger partial charge in [0.1, 0.15) is 0 Å². The van der Waals surface area contributed by atoms with Gasteiger partial charge in [-0.3, -0.25) is 4.98 Å². The van der Waals surface area contributed by atoms with Crippen LogP contribution in [0.25, 0.3) is 11.1 Å². The quantitative estimate of drug-likeness (QED) is 0.855. The Kier molecular flexibility index (Phi) is 4.07. The Morgan fingerprint density at radius 3 is 2.79 bits per heavy atom. The summed E-state index contributed by atoms with van der Waals surface area (Å²) in [6.45, 7) is 0.547. The van der Waals surface area contributed by atoms with Crippen molar-refractivity contribution < 1.29 is 0 Å². The fourth-order valence-corrected chi connectivity index (χ4v) is 1.85. The molecule has 74 valence electrons. The number of hydrogen-bond acceptors (Lipinski definition) is 3. The molecule has 0 aromatic carbocycles. The highest BCUT2D eigenvalue weighted by Gasteiger charge is 1.98. The van der Waals surface area contributed by atoms with E-state index >= 15 is 0 Å². The first-order valence-electron chi connectivity index (χ1n) is 4.06. The molecule has 2 aromatic heterocycles. The van der Waals surface area contributed by atoms with Gasteiger partial charge < -0.3 is 5.73 Å². The molecule has 0 radical (unpaired) electrons. The second-order valence-corrected chi connectivity index (χ2v) is 3.58. The molecule has 0 saturated heterocycles. The largest absolute Gasteiger partial charge is 0.326 e. The summed E-state index contributed by atoms with van der Waals surface area (Å²) in [7, 11) is 0. The minimum atomic E-state index is 0. The average molecular weight is 227 g/mol. The lowest BCUT2D eigenvalue weighted by Gasteiger charge is -1.99. The normalized spacial score (nSPS) is 9.50. The number of nitrogens with zero attached hydrogens (tertiary/aromatic N) is 1. The Bertz CT molecular complexity index is 387. The maximum absolute atomic E-state index is 5.53. The van der Waals surface area contributed by atoms with Crippen molar-refractivity contribution in [1.29, 1.82) is 0 Å². The third-order valence-corrected chi connectivity index (χ3v) is 2.57. The molecule has 2 nitrogen and oxygen atoms in total. The number of halogens is 1. The van der Waals surface area contributed by atoms with Crippen LogP contribution in [0.15, 0.2) is 35.3 Å². The monoisotopic (exact) mass is 226 g/mol. The van der Waals surface area contributed by atoms with Crippen LogP contribution in [-0.4, -0.2) is 4.98 Å². The van der Waals surface area contributed by atoms with Gasteiger partial charge >= 0.3 is 0 Å². The summed E-state index contributed by atoms with van der Waals surface area (Å²) in [6.07, 6.45) is 3.66. The maximum atomic E-state index is 5.53. The van der Waals surface area contributed by atoms with Gasteiger partial charge in [0.25, 0.3) is 0 Å². The van der Waals surface area contributed by atoms with Gasteiger partial charge in [-0.2, -0.15) is 11.3 Å². The topological polar surface area (TPSA) is 38.9 Å². The highest BCUT2D eigenvalue weighted by Crippen LogP contribution is 2.21. The lowest BCUT2D eigenvalue weighted by molar-refractivity contribution is 1.05. The van der Waals surface area contributed by atoms with E-state index in [-0.39, 0.29) is 12.4 Å². The van der Waals surface area contributed by atoms with Crippen molar-refractivity contribution >= 4 is 23.7 Å². The molecule has 0 bridgehead atoms. The molecule has 0 spiro atoms. The van der Waals surface area contributed by atoms with Crippen LogP contribution in [-0.2, 0) is 6.54 Å². The molecule has 0 unspecified atom stereocenters. The first kappa shape index (κ1) is 11.2. The first-order valence-corrected chi connectivity index (χ1v) is 5.01. The van der Waals surface area contributed by atoms with Crippen LogP contribution in [0.1, 0.15) is 5.56 Å². The van der Waals surface area contributed by atoms with Crippen molar-refractivity contribution in [1.82, 2.24) is 4.98 Å². The molecule has 0 fully saturated rings. The molecule has 0 aliphatic rings. The Morgan fingerprint density at radius 1 is 1.29 bits per heavy atom. The van der Waals surface area contributed by atoms with E-state index in [9.17, 15) is 0 Å². The molecule has 0 saturated carbocycles. The molecule has 0 aliphatic heterocycles. The summed E-state index contributed by atoms with van der Waals surface area (Å²) in [6, 6.07) is 4.16. The minimum absolute atomic E-state index is 0. The van der Waals surface area contributed by atoms with Crippen LogP contribution >= 0.6 is 23.7 Å². The number of nitrogens with two attached hydrogens (primary N) is 1. The Hall–Kier alpha value is -0.900. The minimum Gasteiger partial charge on any atom is -0.326 e. The molecular formula is C10H11ClN2S. The Labute approximate surface area is 93.2 Å². The van der Waals surface area contributed by atoms with E-state index in [2.05, 4.69) is 27.9 Å². The van der Waals surface area contributed by atoms with Crippen molar-refractivity contribution in [2.75, 3.05) is 0 Å². The van der Waals surface area contributed by atoms with Crippen molar-refractivity contribution in [3.8, 4) is 11.1 Å². The van der Waals surface area contributed by atoms with Gasteiger partial charge in [0, 0.05) is 24.5 Å². The third-order valence-electron chi connectivity index (χ3n) is 1.89.